The van der Waals surface area contributed by atoms with Crippen LogP contribution < -0.4 is 33.7 Å². The lowest BCUT2D eigenvalue weighted by molar-refractivity contribution is -0.139. The normalized spacial score (nSPS) is 18.0. The Balaban J connectivity index is 1.36. The fourth-order valence-electron chi connectivity index (χ4n) is 4.23. The van der Waals surface area contributed by atoms with Crippen LogP contribution in [0.3, 0.4) is 0 Å². The van der Waals surface area contributed by atoms with Gasteiger partial charge < -0.3 is 27.9 Å². The van der Waals surface area contributed by atoms with Crippen molar-refractivity contribution in [3.8, 4) is 17.2 Å². The molecule has 2 amide bonds. The van der Waals surface area contributed by atoms with E-state index >= 15 is 4.39 Å². The monoisotopic (exact) mass is 649 g/mol. The predicted octanol–water partition coefficient (Wildman–Crippen LogP) is 2.81. The molecule has 0 bridgehead atoms. The molecule has 1 aliphatic carbocycles. The smallest absolute Gasteiger partial charge is 0.309 e. The van der Waals surface area contributed by atoms with Gasteiger partial charge in [-0.25, -0.2) is 4.39 Å². The molecule has 1 heterocycles. The van der Waals surface area contributed by atoms with Gasteiger partial charge in [0, 0.05) is 30.3 Å². The maximum Gasteiger partial charge on any atom is 0.309 e. The number of benzene rings is 2. The Morgan fingerprint density at radius 3 is 2.54 bits per heavy atom. The van der Waals surface area contributed by atoms with E-state index in [0.717, 1.165) is 11.3 Å². The van der Waals surface area contributed by atoms with Crippen molar-refractivity contribution in [3.63, 3.8) is 0 Å². The molecule has 0 saturated heterocycles. The number of fused-ring (bicyclic) bond motifs is 1. The molecule has 1 unspecified atom stereocenters. The summed E-state index contributed by atoms with van der Waals surface area (Å²) >= 11 is 1.77. The van der Waals surface area contributed by atoms with Crippen LogP contribution in [0.15, 0.2) is 65.1 Å². The number of rotatable bonds is 9. The Labute approximate surface area is 239 Å². The van der Waals surface area contributed by atoms with Gasteiger partial charge in [0.1, 0.15) is 11.5 Å². The van der Waals surface area contributed by atoms with E-state index in [-0.39, 0.29) is 24.6 Å². The molecular formula is C28H29FIN3O6. The molecule has 0 saturated carbocycles. The highest BCUT2D eigenvalue weighted by Gasteiger charge is 2.25. The van der Waals surface area contributed by atoms with Gasteiger partial charge in [-0.1, -0.05) is 19.1 Å². The van der Waals surface area contributed by atoms with Gasteiger partial charge in [0.2, 0.25) is 0 Å². The number of nitrogens with zero attached hydrogens (tertiary/aromatic N) is 1. The van der Waals surface area contributed by atoms with E-state index in [2.05, 4.69) is 15.6 Å². The zero-order chi connectivity index (χ0) is 27.9. The van der Waals surface area contributed by atoms with Gasteiger partial charge in [-0.2, -0.15) is 0 Å². The summed E-state index contributed by atoms with van der Waals surface area (Å²) in [6, 6.07) is 10.3. The Bertz CT molecular complexity index is 1420. The maximum absolute atomic E-state index is 15.0. The molecular weight excluding hydrogens is 620 g/mol. The van der Waals surface area contributed by atoms with Crippen LogP contribution in [0.5, 0.6) is 17.2 Å². The maximum atomic E-state index is 15.0. The molecule has 0 aromatic heterocycles. The first-order valence-electron chi connectivity index (χ1n) is 12.4. The highest BCUT2D eigenvalue weighted by atomic mass is 127. The Morgan fingerprint density at radius 1 is 1.10 bits per heavy atom. The van der Waals surface area contributed by atoms with Crippen molar-refractivity contribution in [2.45, 2.75) is 25.8 Å². The fraction of sp³-hybridized carbons (Fsp3) is 0.321. The summed E-state index contributed by atoms with van der Waals surface area (Å²) in [5.74, 6) is 0.0487. The van der Waals surface area contributed by atoms with E-state index in [1.165, 1.54) is 6.08 Å². The number of carbonyl (C=O) groups is 2. The molecule has 2 aromatic rings. The summed E-state index contributed by atoms with van der Waals surface area (Å²) in [6.45, 7) is 2.70. The van der Waals surface area contributed by atoms with E-state index in [0.29, 0.717) is 40.8 Å². The van der Waals surface area contributed by atoms with E-state index < -0.39 is 23.7 Å². The van der Waals surface area contributed by atoms with Crippen LogP contribution in [0, 0.1) is 5.92 Å². The third-order valence-electron chi connectivity index (χ3n) is 6.35. The van der Waals surface area contributed by atoms with Gasteiger partial charge in [-0.15, -0.1) is 0 Å². The molecule has 39 heavy (non-hydrogen) atoms. The molecule has 2 N–H and O–H groups in total. The molecule has 206 valence electrons. The Kier molecular flexibility index (Phi) is 9.44. The second-order valence-electron chi connectivity index (χ2n) is 9.06. The lowest BCUT2D eigenvalue weighted by Crippen LogP contribution is -2.44. The first-order chi connectivity index (χ1) is 18.8. The van der Waals surface area contributed by atoms with Crippen molar-refractivity contribution >= 4 is 40.6 Å². The van der Waals surface area contributed by atoms with Gasteiger partial charge in [-0.3, -0.25) is 14.6 Å². The van der Waals surface area contributed by atoms with Crippen LogP contribution in [0.2, 0.25) is 0 Å². The van der Waals surface area contributed by atoms with Crippen molar-refractivity contribution in [1.82, 2.24) is 10.6 Å². The number of hydrogen-bond acceptors (Lipinski definition) is 7. The lowest BCUT2D eigenvalue weighted by Gasteiger charge is -2.23. The Morgan fingerprint density at radius 2 is 1.87 bits per heavy atom. The second-order valence-corrected chi connectivity index (χ2v) is 9.50. The van der Waals surface area contributed by atoms with E-state index in [9.17, 15) is 9.59 Å². The molecule has 2 aliphatic rings. The zero-order valence-corrected chi connectivity index (χ0v) is 23.9. The molecule has 0 fully saturated rings. The van der Waals surface area contributed by atoms with E-state index in [1.54, 1.807) is 55.4 Å². The van der Waals surface area contributed by atoms with Gasteiger partial charge in [0.05, 0.1) is 25.6 Å². The minimum atomic E-state index is -0.831. The summed E-state index contributed by atoms with van der Waals surface area (Å²) in [5.41, 5.74) is 0.991. The average Bonchev–Trinajstić information content (AvgIpc) is 2.95. The van der Waals surface area contributed by atoms with Gasteiger partial charge in [0.25, 0.3) is 0 Å². The minimum Gasteiger partial charge on any atom is -0.497 e. The number of ether oxygens (including phenoxy) is 3. The minimum absolute atomic E-state index is 0.0481. The molecule has 1 aliphatic heterocycles. The molecule has 0 radical (unpaired) electrons. The fourth-order valence-corrected chi connectivity index (χ4v) is 4.58. The number of allylic oxidation sites excluding steroid dienone is 1. The van der Waals surface area contributed by atoms with Gasteiger partial charge in [-0.05, 0) is 48.8 Å². The Hall–Kier alpha value is -3.61. The van der Waals surface area contributed by atoms with Crippen molar-refractivity contribution in [3.05, 3.63) is 76.3 Å². The number of halogens is 2. The number of methoxy groups -OCH3 is 2. The number of hydrogen-bond donors (Lipinski definition) is 2. The highest BCUT2D eigenvalue weighted by Crippen LogP contribution is 2.29. The lowest BCUT2D eigenvalue weighted by atomic mass is 10.0. The van der Waals surface area contributed by atoms with Crippen molar-refractivity contribution in [1.29, 1.82) is 0 Å². The second kappa shape index (κ2) is 13.0. The first kappa shape index (κ1) is 28.4. The molecule has 11 heteroatoms. The van der Waals surface area contributed by atoms with Crippen LogP contribution in [-0.4, -0.2) is 45.2 Å². The number of carbonyl (C=O) groups excluding carboxylic acids is 2. The van der Waals surface area contributed by atoms with Gasteiger partial charge >= 0.3 is 11.8 Å². The van der Waals surface area contributed by atoms with Crippen molar-refractivity contribution < 1.29 is 31.3 Å². The van der Waals surface area contributed by atoms with Crippen LogP contribution >= 0.6 is 23.0 Å². The number of amides is 2. The summed E-state index contributed by atoms with van der Waals surface area (Å²) in [7, 11) is 3.13. The molecule has 2 aromatic carbocycles. The highest BCUT2D eigenvalue weighted by molar-refractivity contribution is 14.1. The van der Waals surface area contributed by atoms with Gasteiger partial charge in [0.15, 0.2) is 46.1 Å². The third kappa shape index (κ3) is 6.88. The van der Waals surface area contributed by atoms with Crippen LogP contribution in [-0.2, 0) is 20.7 Å². The zero-order valence-electron chi connectivity index (χ0n) is 21.8. The van der Waals surface area contributed by atoms with Crippen LogP contribution in [0.4, 0.5) is 4.39 Å². The third-order valence-corrected chi connectivity index (χ3v) is 6.83. The largest absolute Gasteiger partial charge is 0.497 e. The van der Waals surface area contributed by atoms with Crippen LogP contribution in [0.1, 0.15) is 18.9 Å². The van der Waals surface area contributed by atoms with Crippen molar-refractivity contribution in [2.24, 2.45) is 10.9 Å². The summed E-state index contributed by atoms with van der Waals surface area (Å²) in [5, 5.41) is 6.50. The summed E-state index contributed by atoms with van der Waals surface area (Å²) in [4.78, 5) is 29.2. The summed E-state index contributed by atoms with van der Waals surface area (Å²) in [6.07, 6.45) is 3.62. The molecule has 0 spiro atoms. The van der Waals surface area contributed by atoms with Crippen LogP contribution in [0.25, 0.3) is 5.76 Å². The number of nitrogens with one attached hydrogen (secondary N) is 2. The predicted molar refractivity (Wildman–Crippen MR) is 150 cm³/mol. The standard InChI is InChI=1S/C28H29FIN3O6/c1-16-15-32-22-14-24(37-3)25(39-30)13-20(22)26(16)38-23-9-6-18(12-21(23)29)33-28(35)27(34)31-11-10-17-4-7-19(36-2)8-5-17/h4-5,7-9,12-14,16,18H,6,10-11,15H2,1-3H3,(H,31,34)(H,33,35)/t16?,18-/m0/s1. The molecule has 9 nitrogen and oxygen atoms in total. The van der Waals surface area contributed by atoms with E-state index in [4.69, 9.17) is 17.3 Å². The van der Waals surface area contributed by atoms with E-state index in [1.807, 2.05) is 31.2 Å². The average molecular weight is 649 g/mol. The quantitative estimate of drug-likeness (QED) is 0.320. The first-order valence-corrected chi connectivity index (χ1v) is 13.2. The topological polar surface area (TPSA) is 107 Å². The molecule has 2 atom stereocenters. The molecule has 4 rings (SSSR count). The summed E-state index contributed by atoms with van der Waals surface area (Å²) < 4.78 is 36.9. The SMILES string of the molecule is COc1ccc(CCNC(=O)C(=O)N[C@@H]2C=C(F)C(OC3=c4cc(OI)c(OC)cc4=NCC3C)=CC2)cc1. The van der Waals surface area contributed by atoms with Crippen molar-refractivity contribution in [2.75, 3.05) is 27.3 Å².